The molecule has 6 nitrogen and oxygen atoms in total. The van der Waals surface area contributed by atoms with Crippen LogP contribution >= 0.6 is 11.3 Å². The lowest BCUT2D eigenvalue weighted by atomic mass is 9.95. The smallest absolute Gasteiger partial charge is 0.258 e. The molecule has 34 heavy (non-hydrogen) atoms. The van der Waals surface area contributed by atoms with Crippen LogP contribution in [0, 0.1) is 30.9 Å². The number of non-ortho nitro benzene ring substituents is 1. The van der Waals surface area contributed by atoms with Crippen molar-refractivity contribution in [2.45, 2.75) is 33.2 Å². The highest BCUT2D eigenvalue weighted by Crippen LogP contribution is 2.40. The third kappa shape index (κ3) is 4.22. The van der Waals surface area contributed by atoms with Gasteiger partial charge in [-0.05, 0) is 38.0 Å². The van der Waals surface area contributed by atoms with Gasteiger partial charge in [-0.1, -0.05) is 59.7 Å². The average molecular weight is 469 g/mol. The molecule has 3 aromatic carbocycles. The van der Waals surface area contributed by atoms with Crippen LogP contribution in [0.4, 0.5) is 10.8 Å². The normalized spacial score (nSPS) is 15.4. The number of hydrogen-bond donors (Lipinski definition) is 0. The number of hydrazone groups is 1. The van der Waals surface area contributed by atoms with Crippen molar-refractivity contribution < 1.29 is 4.92 Å². The van der Waals surface area contributed by atoms with Crippen LogP contribution in [0.2, 0.25) is 0 Å². The molecule has 0 saturated heterocycles. The Labute approximate surface area is 202 Å². The van der Waals surface area contributed by atoms with E-state index in [0.717, 1.165) is 38.8 Å². The van der Waals surface area contributed by atoms with Gasteiger partial charge in [0.1, 0.15) is 0 Å². The van der Waals surface area contributed by atoms with E-state index in [2.05, 4.69) is 63.2 Å². The summed E-state index contributed by atoms with van der Waals surface area (Å²) in [7, 11) is 0. The summed E-state index contributed by atoms with van der Waals surface area (Å²) in [4.78, 5) is 16.0. The first-order chi connectivity index (χ1) is 16.4. The number of rotatable bonds is 5. The summed E-state index contributed by atoms with van der Waals surface area (Å²) in [6.07, 6.45) is 0.644. The van der Waals surface area contributed by atoms with Crippen LogP contribution in [0.5, 0.6) is 0 Å². The van der Waals surface area contributed by atoms with E-state index in [0.29, 0.717) is 6.42 Å². The topological polar surface area (TPSA) is 71.6 Å². The van der Waals surface area contributed by atoms with Crippen molar-refractivity contribution in [2.24, 2.45) is 5.10 Å². The first-order valence-electron chi connectivity index (χ1n) is 11.1. The molecule has 0 amide bonds. The Morgan fingerprint density at radius 3 is 2.53 bits per heavy atom. The molecule has 1 aromatic heterocycles. The number of hydrogen-bond acceptors (Lipinski definition) is 6. The Morgan fingerprint density at radius 1 is 1.00 bits per heavy atom. The Bertz CT molecular complexity index is 1410. The van der Waals surface area contributed by atoms with Gasteiger partial charge in [-0.3, -0.25) is 10.1 Å². The van der Waals surface area contributed by atoms with Crippen LogP contribution in [0.3, 0.4) is 0 Å². The number of nitro groups is 1. The highest BCUT2D eigenvalue weighted by atomic mass is 32.1. The van der Waals surface area contributed by atoms with Crippen LogP contribution in [-0.4, -0.2) is 15.6 Å². The molecule has 4 aromatic rings. The van der Waals surface area contributed by atoms with Gasteiger partial charge in [-0.25, -0.2) is 9.99 Å². The molecule has 0 fully saturated rings. The van der Waals surface area contributed by atoms with Crippen molar-refractivity contribution in [2.75, 3.05) is 5.01 Å². The maximum Gasteiger partial charge on any atom is 0.269 e. The zero-order valence-electron chi connectivity index (χ0n) is 19.2. The minimum atomic E-state index is -0.353. The Balaban J connectivity index is 1.57. The second kappa shape index (κ2) is 8.83. The summed E-state index contributed by atoms with van der Waals surface area (Å²) in [5, 5.41) is 21.2. The van der Waals surface area contributed by atoms with Gasteiger partial charge < -0.3 is 0 Å². The number of anilines is 1. The van der Waals surface area contributed by atoms with Gasteiger partial charge >= 0.3 is 0 Å². The number of nitrogens with zero attached hydrogens (tertiary/aromatic N) is 4. The van der Waals surface area contributed by atoms with E-state index < -0.39 is 0 Å². The third-order valence-corrected chi connectivity index (χ3v) is 6.95. The van der Waals surface area contributed by atoms with E-state index >= 15 is 0 Å². The van der Waals surface area contributed by atoms with E-state index in [1.807, 2.05) is 16.5 Å². The molecule has 1 aliphatic heterocycles. The number of nitro benzene ring substituents is 1. The zero-order chi connectivity index (χ0) is 23.8. The van der Waals surface area contributed by atoms with Gasteiger partial charge in [0, 0.05) is 35.1 Å². The van der Waals surface area contributed by atoms with Crippen LogP contribution in [0.1, 0.15) is 40.3 Å². The predicted molar refractivity (Wildman–Crippen MR) is 138 cm³/mol. The summed E-state index contributed by atoms with van der Waals surface area (Å²) in [5.41, 5.74) is 8.48. The Hall–Kier alpha value is -3.84. The molecule has 1 aliphatic rings. The third-order valence-electron chi connectivity index (χ3n) is 6.12. The predicted octanol–water partition coefficient (Wildman–Crippen LogP) is 7.00. The summed E-state index contributed by atoms with van der Waals surface area (Å²) in [6, 6.07) is 21.3. The molecule has 0 spiro atoms. The van der Waals surface area contributed by atoms with Gasteiger partial charge in [-0.2, -0.15) is 5.10 Å². The second-order valence-corrected chi connectivity index (χ2v) is 9.50. The SMILES string of the molecule is Cc1ccc(-c2csc(N3N=C(c4cc(C)ccc4C)C[C@@H]3c3cccc([N+](=O)[O-])c3)n2)cc1. The lowest BCUT2D eigenvalue weighted by Gasteiger charge is -2.21. The van der Waals surface area contributed by atoms with Crippen molar-refractivity contribution in [3.63, 3.8) is 0 Å². The van der Waals surface area contributed by atoms with Crippen molar-refractivity contribution in [1.29, 1.82) is 0 Å². The van der Waals surface area contributed by atoms with Gasteiger partial charge in [0.05, 0.1) is 22.4 Å². The summed E-state index contributed by atoms with van der Waals surface area (Å²) < 4.78 is 0. The van der Waals surface area contributed by atoms with Gasteiger partial charge in [0.15, 0.2) is 0 Å². The molecule has 0 N–H and O–H groups in total. The number of benzene rings is 3. The summed E-state index contributed by atoms with van der Waals surface area (Å²) in [6.45, 7) is 6.22. The molecule has 0 aliphatic carbocycles. The van der Waals surface area contributed by atoms with Crippen molar-refractivity contribution in [3.05, 3.63) is 110 Å². The van der Waals surface area contributed by atoms with E-state index in [-0.39, 0.29) is 16.7 Å². The van der Waals surface area contributed by atoms with E-state index in [1.54, 1.807) is 12.1 Å². The van der Waals surface area contributed by atoms with Crippen molar-refractivity contribution >= 4 is 27.9 Å². The fourth-order valence-electron chi connectivity index (χ4n) is 4.23. The van der Waals surface area contributed by atoms with Crippen LogP contribution < -0.4 is 5.01 Å². The van der Waals surface area contributed by atoms with E-state index in [9.17, 15) is 10.1 Å². The molecular weight excluding hydrogens is 444 g/mol. The molecule has 7 heteroatoms. The van der Waals surface area contributed by atoms with Crippen molar-refractivity contribution in [1.82, 2.24) is 4.98 Å². The quantitative estimate of drug-likeness (QED) is 0.233. The largest absolute Gasteiger partial charge is 0.269 e. The fraction of sp³-hybridized carbons (Fsp3) is 0.185. The lowest BCUT2D eigenvalue weighted by Crippen LogP contribution is -2.18. The van der Waals surface area contributed by atoms with Crippen LogP contribution in [0.25, 0.3) is 11.3 Å². The van der Waals surface area contributed by atoms with Crippen molar-refractivity contribution in [3.8, 4) is 11.3 Å². The Morgan fingerprint density at radius 2 is 1.76 bits per heavy atom. The lowest BCUT2D eigenvalue weighted by molar-refractivity contribution is -0.384. The molecule has 0 unspecified atom stereocenters. The Kier molecular flexibility index (Phi) is 5.71. The molecule has 1 atom stereocenters. The fourth-order valence-corrected chi connectivity index (χ4v) is 5.06. The number of aromatic nitrogens is 1. The summed E-state index contributed by atoms with van der Waals surface area (Å²) in [5.74, 6) is 0. The standard InChI is InChI=1S/C27H24N4O2S/c1-17-8-11-20(12-9-17)25-16-34-27(28-25)30-26(21-5-4-6-22(14-21)31(32)33)15-24(29-30)23-13-18(2)7-10-19(23)3/h4-14,16,26H,15H2,1-3H3/t26-/m1/s1. The first kappa shape index (κ1) is 22.0. The molecular formula is C27H24N4O2S. The maximum absolute atomic E-state index is 11.4. The van der Waals surface area contributed by atoms with Gasteiger partial charge in [0.2, 0.25) is 5.13 Å². The van der Waals surface area contributed by atoms with Crippen LogP contribution in [-0.2, 0) is 0 Å². The minimum Gasteiger partial charge on any atom is -0.258 e. The van der Waals surface area contributed by atoms with Gasteiger partial charge in [-0.15, -0.1) is 11.3 Å². The number of aryl methyl sites for hydroxylation is 3. The van der Waals surface area contributed by atoms with Gasteiger partial charge in [0.25, 0.3) is 5.69 Å². The summed E-state index contributed by atoms with van der Waals surface area (Å²) >= 11 is 1.53. The maximum atomic E-state index is 11.4. The molecule has 0 radical (unpaired) electrons. The highest BCUT2D eigenvalue weighted by molar-refractivity contribution is 7.14. The second-order valence-electron chi connectivity index (χ2n) is 8.66. The number of thiazole rings is 1. The molecule has 170 valence electrons. The average Bonchev–Trinajstić information content (AvgIpc) is 3.49. The highest BCUT2D eigenvalue weighted by Gasteiger charge is 2.33. The minimum absolute atomic E-state index is 0.0807. The van der Waals surface area contributed by atoms with E-state index in [4.69, 9.17) is 10.1 Å². The first-order valence-corrected chi connectivity index (χ1v) is 12.0. The molecule has 0 bridgehead atoms. The van der Waals surface area contributed by atoms with E-state index in [1.165, 1.54) is 28.5 Å². The molecule has 5 rings (SSSR count). The van der Waals surface area contributed by atoms with Crippen LogP contribution in [0.15, 0.2) is 77.2 Å². The molecule has 2 heterocycles. The molecule has 0 saturated carbocycles. The zero-order valence-corrected chi connectivity index (χ0v) is 20.0. The monoisotopic (exact) mass is 468 g/mol.